The Morgan fingerprint density at radius 2 is 1.93 bits per heavy atom. The van der Waals surface area contributed by atoms with E-state index in [1.54, 1.807) is 0 Å². The fraction of sp³-hybridized carbons (Fsp3) is 0.300. The number of rotatable bonds is 2. The first-order valence-corrected chi connectivity index (χ1v) is 4.13. The van der Waals surface area contributed by atoms with Gasteiger partial charge in [-0.25, -0.2) is 0 Å². The normalized spacial score (nSPS) is 11.3. The van der Waals surface area contributed by atoms with Gasteiger partial charge in [0.25, 0.3) is 5.78 Å². The monoisotopic (exact) mass is 218 g/mol. The van der Waals surface area contributed by atoms with Crippen molar-refractivity contribution in [1.29, 1.82) is 0 Å². The van der Waals surface area contributed by atoms with Gasteiger partial charge in [0.15, 0.2) is 0 Å². The second-order valence-corrected chi connectivity index (χ2v) is 2.96. The first-order valence-electron chi connectivity index (χ1n) is 4.13. The number of hydrogen-bond acceptors (Lipinski definition) is 2. The van der Waals surface area contributed by atoms with Crippen LogP contribution in [0.25, 0.3) is 0 Å². The maximum absolute atomic E-state index is 12.2. The van der Waals surface area contributed by atoms with E-state index in [4.69, 9.17) is 4.74 Å². The van der Waals surface area contributed by atoms with Gasteiger partial charge < -0.3 is 4.74 Å². The molecule has 0 amide bonds. The van der Waals surface area contributed by atoms with E-state index in [0.29, 0.717) is 0 Å². The van der Waals surface area contributed by atoms with Crippen LogP contribution >= 0.6 is 0 Å². The summed E-state index contributed by atoms with van der Waals surface area (Å²) >= 11 is 0. The number of ketones is 1. The summed E-state index contributed by atoms with van der Waals surface area (Å²) in [4.78, 5) is 11.0. The molecule has 82 valence electrons. The molecular formula is C10H9F3O2. The van der Waals surface area contributed by atoms with Crippen LogP contribution in [-0.2, 0) is 0 Å². The minimum atomic E-state index is -4.85. The highest BCUT2D eigenvalue weighted by Gasteiger charge is 2.40. The summed E-state index contributed by atoms with van der Waals surface area (Å²) < 4.78 is 41.3. The number of carbonyl (C=O) groups is 1. The molecule has 0 heterocycles. The number of carbonyl (C=O) groups excluding carboxylic acids is 1. The van der Waals surface area contributed by atoms with Gasteiger partial charge in [-0.1, -0.05) is 12.1 Å². The SMILES string of the molecule is COc1cccc(C(=O)C(F)(F)F)c1C. The maximum Gasteiger partial charge on any atom is 0.454 e. The molecule has 0 unspecified atom stereocenters. The molecule has 15 heavy (non-hydrogen) atoms. The van der Waals surface area contributed by atoms with Crippen LogP contribution in [0, 0.1) is 6.92 Å². The lowest BCUT2D eigenvalue weighted by Gasteiger charge is -2.10. The lowest BCUT2D eigenvalue weighted by Crippen LogP contribution is -2.23. The number of hydrogen-bond donors (Lipinski definition) is 0. The number of ether oxygens (including phenoxy) is 1. The lowest BCUT2D eigenvalue weighted by molar-refractivity contribution is -0.0885. The van der Waals surface area contributed by atoms with Crippen molar-refractivity contribution < 1.29 is 22.7 Å². The molecule has 0 aromatic heterocycles. The van der Waals surface area contributed by atoms with Crippen molar-refractivity contribution >= 4 is 5.78 Å². The molecule has 0 aliphatic rings. The van der Waals surface area contributed by atoms with Crippen LogP contribution in [0.15, 0.2) is 18.2 Å². The minimum Gasteiger partial charge on any atom is -0.496 e. The molecule has 0 atom stereocenters. The van der Waals surface area contributed by atoms with Crippen molar-refractivity contribution in [2.75, 3.05) is 7.11 Å². The number of Topliss-reactive ketones (excluding diaryl/α,β-unsaturated/α-hetero) is 1. The van der Waals surface area contributed by atoms with Gasteiger partial charge in [-0.15, -0.1) is 0 Å². The highest BCUT2D eigenvalue weighted by Crippen LogP contribution is 2.27. The van der Waals surface area contributed by atoms with Crippen LogP contribution in [0.4, 0.5) is 13.2 Å². The Morgan fingerprint density at radius 3 is 2.40 bits per heavy atom. The third kappa shape index (κ3) is 2.29. The van der Waals surface area contributed by atoms with Crippen molar-refractivity contribution in [3.05, 3.63) is 29.3 Å². The molecule has 0 N–H and O–H groups in total. The van der Waals surface area contributed by atoms with Gasteiger partial charge in [-0.2, -0.15) is 13.2 Å². The van der Waals surface area contributed by atoms with Gasteiger partial charge in [-0.05, 0) is 13.0 Å². The average Bonchev–Trinajstić information content (AvgIpc) is 2.16. The predicted molar refractivity (Wildman–Crippen MR) is 48.1 cm³/mol. The van der Waals surface area contributed by atoms with E-state index in [1.807, 2.05) is 0 Å². The number of halogens is 3. The van der Waals surface area contributed by atoms with Crippen LogP contribution in [0.1, 0.15) is 15.9 Å². The Balaban J connectivity index is 3.22. The van der Waals surface area contributed by atoms with E-state index in [2.05, 4.69) is 0 Å². The molecule has 2 nitrogen and oxygen atoms in total. The van der Waals surface area contributed by atoms with E-state index in [1.165, 1.54) is 26.2 Å². The molecule has 0 aliphatic carbocycles. The van der Waals surface area contributed by atoms with Gasteiger partial charge in [0.05, 0.1) is 7.11 Å². The first-order chi connectivity index (χ1) is 6.88. The van der Waals surface area contributed by atoms with Crippen LogP contribution in [-0.4, -0.2) is 19.1 Å². The zero-order valence-corrected chi connectivity index (χ0v) is 8.18. The molecule has 0 bridgehead atoms. The molecule has 0 aliphatic heterocycles. The minimum absolute atomic E-state index is 0.197. The van der Waals surface area contributed by atoms with Gasteiger partial charge in [-0.3, -0.25) is 4.79 Å². The molecular weight excluding hydrogens is 209 g/mol. The van der Waals surface area contributed by atoms with Crippen molar-refractivity contribution in [2.45, 2.75) is 13.1 Å². The summed E-state index contributed by atoms with van der Waals surface area (Å²) in [7, 11) is 1.34. The molecule has 1 rings (SSSR count). The largest absolute Gasteiger partial charge is 0.496 e. The van der Waals surface area contributed by atoms with Crippen LogP contribution in [0.5, 0.6) is 5.75 Å². The summed E-state index contributed by atoms with van der Waals surface area (Å²) in [6.07, 6.45) is -4.85. The topological polar surface area (TPSA) is 26.3 Å². The van der Waals surface area contributed by atoms with Crippen LogP contribution in [0.3, 0.4) is 0 Å². The second-order valence-electron chi connectivity index (χ2n) is 2.96. The summed E-state index contributed by atoms with van der Waals surface area (Å²) in [5, 5.41) is 0. The van der Waals surface area contributed by atoms with E-state index >= 15 is 0 Å². The van der Waals surface area contributed by atoms with E-state index < -0.39 is 12.0 Å². The standard InChI is InChI=1S/C10H9F3O2/c1-6-7(9(14)10(11,12)13)4-3-5-8(6)15-2/h3-5H,1-2H3. The van der Waals surface area contributed by atoms with Crippen molar-refractivity contribution in [2.24, 2.45) is 0 Å². The third-order valence-electron chi connectivity index (χ3n) is 2.01. The average molecular weight is 218 g/mol. The number of methoxy groups -OCH3 is 1. The highest BCUT2D eigenvalue weighted by atomic mass is 19.4. The third-order valence-corrected chi connectivity index (χ3v) is 2.01. The predicted octanol–water partition coefficient (Wildman–Crippen LogP) is 2.75. The van der Waals surface area contributed by atoms with Crippen molar-refractivity contribution in [3.8, 4) is 5.75 Å². The van der Waals surface area contributed by atoms with Gasteiger partial charge in [0.1, 0.15) is 5.75 Å². The zero-order chi connectivity index (χ0) is 11.6. The van der Waals surface area contributed by atoms with Crippen LogP contribution < -0.4 is 4.74 Å². The Kier molecular flexibility index (Phi) is 3.02. The van der Waals surface area contributed by atoms with Crippen LogP contribution in [0.2, 0.25) is 0 Å². The molecule has 1 aromatic rings. The molecule has 0 spiro atoms. The Morgan fingerprint density at radius 1 is 1.33 bits per heavy atom. The van der Waals surface area contributed by atoms with Crippen molar-refractivity contribution in [1.82, 2.24) is 0 Å². The second kappa shape index (κ2) is 3.92. The molecule has 0 fully saturated rings. The van der Waals surface area contributed by atoms with E-state index in [-0.39, 0.29) is 16.9 Å². The van der Waals surface area contributed by atoms with E-state index in [9.17, 15) is 18.0 Å². The summed E-state index contributed by atoms with van der Waals surface area (Å²) in [6, 6.07) is 3.99. The van der Waals surface area contributed by atoms with E-state index in [0.717, 1.165) is 6.07 Å². The van der Waals surface area contributed by atoms with Gasteiger partial charge in [0.2, 0.25) is 0 Å². The Hall–Kier alpha value is -1.52. The summed E-state index contributed by atoms with van der Waals surface area (Å²) in [6.45, 7) is 1.41. The number of alkyl halides is 3. The summed E-state index contributed by atoms with van der Waals surface area (Å²) in [5.41, 5.74) is -0.177. The quantitative estimate of drug-likeness (QED) is 0.713. The molecule has 5 heteroatoms. The molecule has 0 saturated heterocycles. The van der Waals surface area contributed by atoms with Gasteiger partial charge in [0, 0.05) is 11.1 Å². The summed E-state index contributed by atoms with van der Waals surface area (Å²) in [5.74, 6) is -1.58. The molecule has 0 saturated carbocycles. The van der Waals surface area contributed by atoms with Gasteiger partial charge >= 0.3 is 6.18 Å². The Labute approximate surface area is 84.7 Å². The Bertz CT molecular complexity index is 383. The van der Waals surface area contributed by atoms with Crippen molar-refractivity contribution in [3.63, 3.8) is 0 Å². The fourth-order valence-corrected chi connectivity index (χ4v) is 1.23. The smallest absolute Gasteiger partial charge is 0.454 e. The number of benzene rings is 1. The highest BCUT2D eigenvalue weighted by molar-refractivity contribution is 6.01. The fourth-order valence-electron chi connectivity index (χ4n) is 1.23. The zero-order valence-electron chi connectivity index (χ0n) is 8.18. The maximum atomic E-state index is 12.2. The lowest BCUT2D eigenvalue weighted by atomic mass is 10.0. The molecule has 0 radical (unpaired) electrons. The first kappa shape index (κ1) is 11.6. The molecule has 1 aromatic carbocycles.